The van der Waals surface area contributed by atoms with Gasteiger partial charge >= 0.3 is 0 Å². The molecule has 0 bridgehead atoms. The number of anilines is 1. The number of nitrogens with one attached hydrogen (secondary N) is 2. The predicted molar refractivity (Wildman–Crippen MR) is 74.6 cm³/mol. The van der Waals surface area contributed by atoms with Crippen molar-refractivity contribution >= 4 is 21.5 Å². The molecule has 2 aromatic carbocycles. The van der Waals surface area contributed by atoms with Crippen molar-refractivity contribution in [2.45, 2.75) is 4.90 Å². The van der Waals surface area contributed by atoms with Gasteiger partial charge in [-0.15, -0.1) is 0 Å². The number of hydrogen-bond acceptors (Lipinski definition) is 3. The van der Waals surface area contributed by atoms with Gasteiger partial charge in [0.25, 0.3) is 10.0 Å². The minimum atomic E-state index is -4.16. The molecule has 0 saturated heterocycles. The van der Waals surface area contributed by atoms with E-state index in [0.29, 0.717) is 0 Å². The lowest BCUT2D eigenvalue weighted by Crippen LogP contribution is -2.17. The van der Waals surface area contributed by atoms with Gasteiger partial charge in [0, 0.05) is 5.69 Å². The molecule has 0 aliphatic rings. The van der Waals surface area contributed by atoms with Crippen LogP contribution in [-0.2, 0) is 10.0 Å². The topological polar surface area (TPSA) is 96.0 Å². The van der Waals surface area contributed by atoms with Gasteiger partial charge in [0.05, 0.1) is 5.56 Å². The van der Waals surface area contributed by atoms with Crippen LogP contribution in [0.5, 0.6) is 0 Å². The van der Waals surface area contributed by atoms with Gasteiger partial charge in [0.2, 0.25) is 0 Å². The second-order valence-corrected chi connectivity index (χ2v) is 5.80. The van der Waals surface area contributed by atoms with E-state index in [1.165, 1.54) is 12.1 Å². The zero-order valence-corrected chi connectivity index (χ0v) is 11.4. The average molecular weight is 311 g/mol. The van der Waals surface area contributed by atoms with E-state index in [0.717, 1.165) is 30.3 Å². The summed E-state index contributed by atoms with van der Waals surface area (Å²) in [7, 11) is -4.16. The van der Waals surface area contributed by atoms with Crippen molar-refractivity contribution in [2.24, 2.45) is 5.73 Å². The van der Waals surface area contributed by atoms with Gasteiger partial charge in [-0.2, -0.15) is 0 Å². The second-order valence-electron chi connectivity index (χ2n) is 4.14. The van der Waals surface area contributed by atoms with E-state index >= 15 is 0 Å². The fourth-order valence-electron chi connectivity index (χ4n) is 1.67. The summed E-state index contributed by atoms with van der Waals surface area (Å²) in [5.41, 5.74) is 4.92. The molecule has 5 nitrogen and oxygen atoms in total. The normalized spacial score (nSPS) is 11.1. The van der Waals surface area contributed by atoms with Crippen LogP contribution >= 0.6 is 0 Å². The maximum atomic E-state index is 13.5. The number of amidine groups is 1. The summed E-state index contributed by atoms with van der Waals surface area (Å²) in [6, 6.07) is 8.04. The third-order valence-electron chi connectivity index (χ3n) is 2.63. The van der Waals surface area contributed by atoms with Crippen molar-refractivity contribution < 1.29 is 17.2 Å². The summed E-state index contributed by atoms with van der Waals surface area (Å²) in [6.45, 7) is 0. The SMILES string of the molecule is N=C(N)c1cc(NS(=O)(=O)c2ccccc2F)ccc1F. The Hall–Kier alpha value is -2.48. The molecule has 0 atom stereocenters. The molecule has 2 rings (SSSR count). The van der Waals surface area contributed by atoms with Gasteiger partial charge < -0.3 is 5.73 Å². The molecule has 2 aromatic rings. The van der Waals surface area contributed by atoms with E-state index in [4.69, 9.17) is 11.1 Å². The number of nitrogen functional groups attached to an aromatic ring is 1. The highest BCUT2D eigenvalue weighted by molar-refractivity contribution is 7.92. The highest BCUT2D eigenvalue weighted by Crippen LogP contribution is 2.20. The van der Waals surface area contributed by atoms with Crippen LogP contribution in [0.15, 0.2) is 47.4 Å². The Morgan fingerprint density at radius 1 is 1.10 bits per heavy atom. The van der Waals surface area contributed by atoms with Crippen LogP contribution in [0.25, 0.3) is 0 Å². The molecule has 0 heterocycles. The first-order chi connectivity index (χ1) is 9.81. The predicted octanol–water partition coefficient (Wildman–Crippen LogP) is 2.05. The van der Waals surface area contributed by atoms with E-state index in [-0.39, 0.29) is 11.3 Å². The van der Waals surface area contributed by atoms with E-state index in [1.54, 1.807) is 0 Å². The summed E-state index contributed by atoms with van der Waals surface area (Å²) < 4.78 is 53.1. The third kappa shape index (κ3) is 3.16. The molecule has 0 aromatic heterocycles. The fourth-order valence-corrected chi connectivity index (χ4v) is 2.80. The summed E-state index contributed by atoms with van der Waals surface area (Å²) in [6.07, 6.45) is 0. The molecule has 21 heavy (non-hydrogen) atoms. The molecule has 0 amide bonds. The first-order valence-corrected chi connectivity index (χ1v) is 7.21. The molecule has 0 radical (unpaired) electrons. The maximum Gasteiger partial charge on any atom is 0.264 e. The number of hydrogen-bond donors (Lipinski definition) is 3. The summed E-state index contributed by atoms with van der Waals surface area (Å²) in [5.74, 6) is -2.20. The zero-order valence-electron chi connectivity index (χ0n) is 10.6. The summed E-state index contributed by atoms with van der Waals surface area (Å²) >= 11 is 0. The molecule has 0 spiro atoms. The number of halogens is 2. The lowest BCUT2D eigenvalue weighted by Gasteiger charge is -2.10. The highest BCUT2D eigenvalue weighted by atomic mass is 32.2. The standard InChI is InChI=1S/C13H11F2N3O2S/c14-10-6-5-8(7-9(10)13(16)17)18-21(19,20)12-4-2-1-3-11(12)15/h1-7,18H,(H3,16,17). The van der Waals surface area contributed by atoms with Crippen molar-refractivity contribution in [1.82, 2.24) is 0 Å². The van der Waals surface area contributed by atoms with Crippen molar-refractivity contribution in [2.75, 3.05) is 4.72 Å². The van der Waals surface area contributed by atoms with Crippen molar-refractivity contribution in [1.29, 1.82) is 5.41 Å². The fraction of sp³-hybridized carbons (Fsp3) is 0. The Morgan fingerprint density at radius 3 is 2.38 bits per heavy atom. The van der Waals surface area contributed by atoms with E-state index < -0.39 is 32.4 Å². The quantitative estimate of drug-likeness (QED) is 0.595. The van der Waals surface area contributed by atoms with Crippen LogP contribution in [0, 0.1) is 17.0 Å². The minimum Gasteiger partial charge on any atom is -0.384 e. The van der Waals surface area contributed by atoms with Gasteiger partial charge in [0.15, 0.2) is 0 Å². The Morgan fingerprint density at radius 2 is 1.76 bits per heavy atom. The van der Waals surface area contributed by atoms with Gasteiger partial charge in [-0.25, -0.2) is 17.2 Å². The lowest BCUT2D eigenvalue weighted by atomic mass is 10.2. The molecule has 110 valence electrons. The molecule has 0 fully saturated rings. The number of sulfonamides is 1. The van der Waals surface area contributed by atoms with Crippen LogP contribution in [0.1, 0.15) is 5.56 Å². The minimum absolute atomic E-state index is 0.0233. The number of rotatable bonds is 4. The van der Waals surface area contributed by atoms with Crippen molar-refractivity contribution in [3.8, 4) is 0 Å². The molecular weight excluding hydrogens is 300 g/mol. The molecule has 0 unspecified atom stereocenters. The Kier molecular flexibility index (Phi) is 3.90. The van der Waals surface area contributed by atoms with Gasteiger partial charge in [0.1, 0.15) is 22.4 Å². The molecule has 0 aliphatic carbocycles. The van der Waals surface area contributed by atoms with Crippen molar-refractivity contribution in [3.05, 3.63) is 59.7 Å². The summed E-state index contributed by atoms with van der Waals surface area (Å²) in [5, 5.41) is 7.20. The van der Waals surface area contributed by atoms with E-state index in [9.17, 15) is 17.2 Å². The molecular formula is C13H11F2N3O2S. The molecule has 8 heteroatoms. The first kappa shape index (κ1) is 14.9. The van der Waals surface area contributed by atoms with E-state index in [1.807, 2.05) is 0 Å². The van der Waals surface area contributed by atoms with Gasteiger partial charge in [-0.05, 0) is 30.3 Å². The van der Waals surface area contributed by atoms with Crippen LogP contribution in [0.4, 0.5) is 14.5 Å². The van der Waals surface area contributed by atoms with Crippen molar-refractivity contribution in [3.63, 3.8) is 0 Å². The third-order valence-corrected chi connectivity index (χ3v) is 4.05. The largest absolute Gasteiger partial charge is 0.384 e. The maximum absolute atomic E-state index is 13.5. The number of benzene rings is 2. The second kappa shape index (κ2) is 5.49. The smallest absolute Gasteiger partial charge is 0.264 e. The van der Waals surface area contributed by atoms with Crippen LogP contribution in [0.2, 0.25) is 0 Å². The van der Waals surface area contributed by atoms with Crippen LogP contribution in [-0.4, -0.2) is 14.3 Å². The van der Waals surface area contributed by atoms with Crippen LogP contribution < -0.4 is 10.5 Å². The van der Waals surface area contributed by atoms with E-state index in [2.05, 4.69) is 4.72 Å². The van der Waals surface area contributed by atoms with Crippen LogP contribution in [0.3, 0.4) is 0 Å². The zero-order chi connectivity index (χ0) is 15.6. The Labute approximate surface area is 120 Å². The Balaban J connectivity index is 2.40. The molecule has 0 saturated carbocycles. The lowest BCUT2D eigenvalue weighted by molar-refractivity contribution is 0.570. The van der Waals surface area contributed by atoms with Gasteiger partial charge in [-0.1, -0.05) is 12.1 Å². The Bertz CT molecular complexity index is 807. The average Bonchev–Trinajstić information content (AvgIpc) is 2.40. The highest BCUT2D eigenvalue weighted by Gasteiger charge is 2.19. The van der Waals surface area contributed by atoms with Gasteiger partial charge in [-0.3, -0.25) is 10.1 Å². The molecule has 4 N–H and O–H groups in total. The molecule has 0 aliphatic heterocycles. The monoisotopic (exact) mass is 311 g/mol. The first-order valence-electron chi connectivity index (χ1n) is 5.72. The summed E-state index contributed by atoms with van der Waals surface area (Å²) in [4.78, 5) is -0.529. The number of nitrogens with two attached hydrogens (primary N) is 1.